The molecule has 4 nitrogen and oxygen atoms in total. The number of hydrogen-bond donors (Lipinski definition) is 1. The lowest BCUT2D eigenvalue weighted by Crippen LogP contribution is -2.54. The smallest absolute Gasteiger partial charge is 0.115 e. The summed E-state index contributed by atoms with van der Waals surface area (Å²) in [6, 6.07) is 0.275. The average molecular weight is 262 g/mol. The summed E-state index contributed by atoms with van der Waals surface area (Å²) in [4.78, 5) is 11.0. The van der Waals surface area contributed by atoms with E-state index in [2.05, 4.69) is 41.0 Å². The molecule has 1 unspecified atom stereocenters. The van der Waals surface area contributed by atoms with Gasteiger partial charge < -0.3 is 5.32 Å². The van der Waals surface area contributed by atoms with Gasteiger partial charge in [0.15, 0.2) is 0 Å². The van der Waals surface area contributed by atoms with Crippen molar-refractivity contribution in [3.05, 3.63) is 24.3 Å². The molecule has 0 aromatic carbocycles. The molecule has 0 saturated carbocycles. The first-order valence-electron chi connectivity index (χ1n) is 7.39. The van der Waals surface area contributed by atoms with Crippen LogP contribution in [0.2, 0.25) is 0 Å². The van der Waals surface area contributed by atoms with Gasteiger partial charge in [0.1, 0.15) is 6.33 Å². The maximum Gasteiger partial charge on any atom is 0.115 e. The molecule has 1 N–H and O–H groups in total. The van der Waals surface area contributed by atoms with Crippen LogP contribution in [0.5, 0.6) is 0 Å². The third kappa shape index (κ3) is 3.31. The zero-order valence-electron chi connectivity index (χ0n) is 12.4. The highest BCUT2D eigenvalue weighted by atomic mass is 15.2. The maximum absolute atomic E-state index is 4.18. The van der Waals surface area contributed by atoms with Crippen LogP contribution in [-0.4, -0.2) is 40.0 Å². The summed E-state index contributed by atoms with van der Waals surface area (Å²) in [6.07, 6.45) is 9.46. The number of rotatable bonds is 5. The van der Waals surface area contributed by atoms with E-state index in [1.54, 1.807) is 6.33 Å². The highest BCUT2D eigenvalue weighted by Crippen LogP contribution is 2.32. The Bertz CT molecular complexity index is 371. The minimum absolute atomic E-state index is 0.0845. The summed E-state index contributed by atoms with van der Waals surface area (Å²) in [5.74, 6) is 0. The standard InChI is InChI=1S/C15H26N4/c1-4-18-14(13-10-16-12-17-11-13)15(2,3)19-8-6-5-7-9-19/h10-12,14,18H,4-9H2,1-3H3. The molecule has 106 valence electrons. The highest BCUT2D eigenvalue weighted by molar-refractivity contribution is 5.16. The molecule has 0 radical (unpaired) electrons. The van der Waals surface area contributed by atoms with Crippen LogP contribution in [0.15, 0.2) is 18.7 Å². The number of aromatic nitrogens is 2. The summed E-state index contributed by atoms with van der Waals surface area (Å²) < 4.78 is 0. The van der Waals surface area contributed by atoms with E-state index in [9.17, 15) is 0 Å². The van der Waals surface area contributed by atoms with E-state index in [-0.39, 0.29) is 11.6 Å². The Morgan fingerprint density at radius 3 is 2.42 bits per heavy atom. The fraction of sp³-hybridized carbons (Fsp3) is 0.733. The van der Waals surface area contributed by atoms with E-state index in [0.717, 1.165) is 6.54 Å². The molecule has 1 atom stereocenters. The van der Waals surface area contributed by atoms with E-state index in [1.807, 2.05) is 12.4 Å². The van der Waals surface area contributed by atoms with Crippen LogP contribution in [0.25, 0.3) is 0 Å². The zero-order chi connectivity index (χ0) is 13.7. The first kappa shape index (κ1) is 14.4. The van der Waals surface area contributed by atoms with Crippen molar-refractivity contribution in [3.63, 3.8) is 0 Å². The number of nitrogens with zero attached hydrogens (tertiary/aromatic N) is 3. The summed E-state index contributed by atoms with van der Waals surface area (Å²) in [6.45, 7) is 10.2. The molecule has 1 fully saturated rings. The minimum atomic E-state index is 0.0845. The van der Waals surface area contributed by atoms with Crippen molar-refractivity contribution in [1.29, 1.82) is 0 Å². The molecule has 2 heterocycles. The van der Waals surface area contributed by atoms with Gasteiger partial charge in [0, 0.05) is 23.5 Å². The number of piperidine rings is 1. The minimum Gasteiger partial charge on any atom is -0.309 e. The molecular formula is C15H26N4. The second-order valence-corrected chi connectivity index (χ2v) is 5.86. The van der Waals surface area contributed by atoms with Crippen LogP contribution in [-0.2, 0) is 0 Å². The van der Waals surface area contributed by atoms with Crippen molar-refractivity contribution in [2.75, 3.05) is 19.6 Å². The predicted molar refractivity (Wildman–Crippen MR) is 78.0 cm³/mol. The average Bonchev–Trinajstić information content (AvgIpc) is 2.46. The molecule has 4 heteroatoms. The van der Waals surface area contributed by atoms with Gasteiger partial charge in [0.05, 0.1) is 6.04 Å². The Balaban J connectivity index is 2.21. The lowest BCUT2D eigenvalue weighted by atomic mass is 9.86. The summed E-state index contributed by atoms with van der Waals surface area (Å²) in [5.41, 5.74) is 1.26. The van der Waals surface area contributed by atoms with Crippen LogP contribution in [0.1, 0.15) is 51.6 Å². The first-order valence-corrected chi connectivity index (χ1v) is 7.39. The van der Waals surface area contributed by atoms with E-state index in [0.29, 0.717) is 0 Å². The van der Waals surface area contributed by atoms with Gasteiger partial charge in [-0.25, -0.2) is 9.97 Å². The Morgan fingerprint density at radius 1 is 1.21 bits per heavy atom. The van der Waals surface area contributed by atoms with Gasteiger partial charge in [0.25, 0.3) is 0 Å². The van der Waals surface area contributed by atoms with Crippen LogP contribution in [0.3, 0.4) is 0 Å². The van der Waals surface area contributed by atoms with Crippen LogP contribution in [0, 0.1) is 0 Å². The van der Waals surface area contributed by atoms with E-state index >= 15 is 0 Å². The molecule has 1 saturated heterocycles. The molecule has 1 aromatic heterocycles. The summed E-state index contributed by atoms with van der Waals surface area (Å²) in [5, 5.41) is 3.61. The molecule has 0 amide bonds. The van der Waals surface area contributed by atoms with Crippen molar-refractivity contribution >= 4 is 0 Å². The largest absolute Gasteiger partial charge is 0.309 e. The Morgan fingerprint density at radius 2 is 1.84 bits per heavy atom. The normalized spacial score (nSPS) is 19.3. The molecule has 1 aliphatic heterocycles. The van der Waals surface area contributed by atoms with Crippen molar-refractivity contribution in [2.24, 2.45) is 0 Å². The second kappa shape index (κ2) is 6.44. The van der Waals surface area contributed by atoms with Crippen molar-refractivity contribution in [2.45, 2.75) is 51.6 Å². The lowest BCUT2D eigenvalue weighted by molar-refractivity contribution is 0.0610. The van der Waals surface area contributed by atoms with E-state index in [4.69, 9.17) is 0 Å². The molecule has 2 rings (SSSR count). The van der Waals surface area contributed by atoms with Crippen molar-refractivity contribution in [3.8, 4) is 0 Å². The Labute approximate surface area is 116 Å². The number of likely N-dealkylation sites (tertiary alicyclic amines) is 1. The SMILES string of the molecule is CCNC(c1cncnc1)C(C)(C)N1CCCCC1. The van der Waals surface area contributed by atoms with E-state index in [1.165, 1.54) is 37.9 Å². The highest BCUT2D eigenvalue weighted by Gasteiger charge is 2.36. The quantitative estimate of drug-likeness (QED) is 0.884. The molecule has 19 heavy (non-hydrogen) atoms. The molecule has 1 aliphatic rings. The lowest BCUT2D eigenvalue weighted by Gasteiger charge is -2.46. The molecule has 1 aromatic rings. The Hall–Kier alpha value is -1.00. The summed E-state index contributed by atoms with van der Waals surface area (Å²) in [7, 11) is 0. The number of likely N-dealkylation sites (N-methyl/N-ethyl adjacent to an activating group) is 1. The topological polar surface area (TPSA) is 41.1 Å². The number of nitrogens with one attached hydrogen (secondary N) is 1. The van der Waals surface area contributed by atoms with Gasteiger partial charge in [-0.05, 0) is 46.3 Å². The second-order valence-electron chi connectivity index (χ2n) is 5.86. The van der Waals surface area contributed by atoms with Crippen molar-refractivity contribution in [1.82, 2.24) is 20.2 Å². The van der Waals surface area contributed by atoms with Gasteiger partial charge in [0.2, 0.25) is 0 Å². The third-order valence-corrected chi connectivity index (χ3v) is 4.20. The molecule has 0 aliphatic carbocycles. The van der Waals surface area contributed by atoms with Gasteiger partial charge in [-0.2, -0.15) is 0 Å². The fourth-order valence-corrected chi connectivity index (χ4v) is 3.09. The van der Waals surface area contributed by atoms with Gasteiger partial charge >= 0.3 is 0 Å². The fourth-order valence-electron chi connectivity index (χ4n) is 3.09. The van der Waals surface area contributed by atoms with Gasteiger partial charge in [-0.15, -0.1) is 0 Å². The molecule has 0 spiro atoms. The van der Waals surface area contributed by atoms with Gasteiger partial charge in [-0.3, -0.25) is 4.90 Å². The zero-order valence-corrected chi connectivity index (χ0v) is 12.4. The monoisotopic (exact) mass is 262 g/mol. The van der Waals surface area contributed by atoms with Crippen LogP contribution < -0.4 is 5.32 Å². The maximum atomic E-state index is 4.18. The Kier molecular flexibility index (Phi) is 4.88. The van der Waals surface area contributed by atoms with Crippen LogP contribution in [0.4, 0.5) is 0 Å². The third-order valence-electron chi connectivity index (χ3n) is 4.20. The predicted octanol–water partition coefficient (Wildman–Crippen LogP) is 2.39. The first-order chi connectivity index (χ1) is 9.16. The van der Waals surface area contributed by atoms with Crippen molar-refractivity contribution < 1.29 is 0 Å². The summed E-state index contributed by atoms with van der Waals surface area (Å²) >= 11 is 0. The van der Waals surface area contributed by atoms with Crippen LogP contribution >= 0.6 is 0 Å². The molecule has 0 bridgehead atoms. The van der Waals surface area contributed by atoms with Gasteiger partial charge in [-0.1, -0.05) is 13.3 Å². The van der Waals surface area contributed by atoms with E-state index < -0.39 is 0 Å². The molecular weight excluding hydrogens is 236 g/mol. The number of hydrogen-bond acceptors (Lipinski definition) is 4.